The monoisotopic (exact) mass is 384 g/mol. The van der Waals surface area contributed by atoms with Gasteiger partial charge in [-0.3, -0.25) is 4.99 Å². The molecule has 142 valence electrons. The largest absolute Gasteiger partial charge is 0.416 e. The van der Waals surface area contributed by atoms with Gasteiger partial charge in [-0.1, -0.05) is 19.1 Å². The van der Waals surface area contributed by atoms with Crippen LogP contribution in [0.2, 0.25) is 0 Å². The highest BCUT2D eigenvalue weighted by molar-refractivity contribution is 7.11. The van der Waals surface area contributed by atoms with Crippen molar-refractivity contribution in [1.82, 2.24) is 15.2 Å². The molecule has 2 rings (SSSR count). The summed E-state index contributed by atoms with van der Waals surface area (Å²) in [5.74, 6) is 0.692. The van der Waals surface area contributed by atoms with Crippen molar-refractivity contribution in [3.63, 3.8) is 0 Å². The lowest BCUT2D eigenvalue weighted by atomic mass is 10.1. The minimum Gasteiger partial charge on any atom is -0.356 e. The molecule has 8 heteroatoms. The highest BCUT2D eigenvalue weighted by atomic mass is 32.1. The van der Waals surface area contributed by atoms with Gasteiger partial charge in [-0.2, -0.15) is 13.2 Å². The summed E-state index contributed by atoms with van der Waals surface area (Å²) in [6, 6.07) is 5.20. The third-order valence-electron chi connectivity index (χ3n) is 3.85. The first kappa shape index (κ1) is 20.2. The molecule has 1 heterocycles. The molecule has 0 unspecified atom stereocenters. The third kappa shape index (κ3) is 5.72. The molecule has 0 radical (unpaired) electrons. The van der Waals surface area contributed by atoms with Crippen LogP contribution in [0.25, 0.3) is 0 Å². The van der Waals surface area contributed by atoms with E-state index < -0.39 is 11.7 Å². The molecule has 0 amide bonds. The fraction of sp³-hybridized carbons (Fsp3) is 0.444. The van der Waals surface area contributed by atoms with E-state index in [0.29, 0.717) is 19.0 Å². The Bertz CT molecular complexity index is 723. The Kier molecular flexibility index (Phi) is 7.02. The van der Waals surface area contributed by atoms with Crippen molar-refractivity contribution in [1.29, 1.82) is 0 Å². The van der Waals surface area contributed by atoms with Gasteiger partial charge >= 0.3 is 6.18 Å². The minimum absolute atomic E-state index is 0.467. The van der Waals surface area contributed by atoms with E-state index in [1.54, 1.807) is 18.4 Å². The zero-order chi connectivity index (χ0) is 19.2. The number of thiazole rings is 1. The number of alkyl halides is 3. The third-order valence-corrected chi connectivity index (χ3v) is 5.05. The SMILES string of the molecule is CCc1cnc(CCNC(=NC)N(C)Cc2ccc(C(F)(F)F)cc2)s1. The molecule has 0 aliphatic carbocycles. The molecule has 0 spiro atoms. The second kappa shape index (κ2) is 9.02. The number of hydrogen-bond acceptors (Lipinski definition) is 3. The Morgan fingerprint density at radius 3 is 2.50 bits per heavy atom. The fourth-order valence-electron chi connectivity index (χ4n) is 2.44. The van der Waals surface area contributed by atoms with Gasteiger partial charge in [0.05, 0.1) is 10.6 Å². The summed E-state index contributed by atoms with van der Waals surface area (Å²) in [6.45, 7) is 3.27. The Labute approximate surface area is 155 Å². The van der Waals surface area contributed by atoms with Crippen LogP contribution in [0.1, 0.15) is 27.9 Å². The zero-order valence-corrected chi connectivity index (χ0v) is 15.9. The summed E-state index contributed by atoms with van der Waals surface area (Å²) in [5.41, 5.74) is 0.150. The van der Waals surface area contributed by atoms with Crippen LogP contribution in [-0.2, 0) is 25.6 Å². The molecule has 1 aromatic carbocycles. The van der Waals surface area contributed by atoms with Crippen LogP contribution in [0.4, 0.5) is 13.2 Å². The Morgan fingerprint density at radius 1 is 1.27 bits per heavy atom. The molecule has 4 nitrogen and oxygen atoms in total. The van der Waals surface area contributed by atoms with Gasteiger partial charge in [0.1, 0.15) is 0 Å². The molecule has 0 atom stereocenters. The molecule has 1 N–H and O–H groups in total. The summed E-state index contributed by atoms with van der Waals surface area (Å²) in [5, 5.41) is 4.34. The van der Waals surface area contributed by atoms with Crippen LogP contribution in [0.5, 0.6) is 0 Å². The predicted octanol–water partition coefficient (Wildman–Crippen LogP) is 3.97. The highest BCUT2D eigenvalue weighted by Gasteiger charge is 2.29. The fourth-order valence-corrected chi connectivity index (χ4v) is 3.30. The zero-order valence-electron chi connectivity index (χ0n) is 15.1. The lowest BCUT2D eigenvalue weighted by Gasteiger charge is -2.22. The van der Waals surface area contributed by atoms with Gasteiger partial charge in [-0.05, 0) is 24.1 Å². The van der Waals surface area contributed by atoms with E-state index >= 15 is 0 Å². The second-order valence-electron chi connectivity index (χ2n) is 5.85. The predicted molar refractivity (Wildman–Crippen MR) is 99.5 cm³/mol. The van der Waals surface area contributed by atoms with Gasteiger partial charge in [0.2, 0.25) is 0 Å². The van der Waals surface area contributed by atoms with E-state index in [1.165, 1.54) is 17.0 Å². The van der Waals surface area contributed by atoms with Crippen LogP contribution in [-0.4, -0.2) is 36.5 Å². The maximum absolute atomic E-state index is 12.6. The molecular weight excluding hydrogens is 361 g/mol. The summed E-state index contributed by atoms with van der Waals surface area (Å²) in [4.78, 5) is 11.8. The number of aryl methyl sites for hydroxylation is 1. The molecule has 0 aliphatic heterocycles. The topological polar surface area (TPSA) is 40.5 Å². The molecule has 0 saturated heterocycles. The van der Waals surface area contributed by atoms with Crippen molar-refractivity contribution >= 4 is 17.3 Å². The molecule has 0 bridgehead atoms. The Morgan fingerprint density at radius 2 is 1.96 bits per heavy atom. The molecule has 0 fully saturated rings. The molecule has 2 aromatic rings. The average molecular weight is 384 g/mol. The van der Waals surface area contributed by atoms with Gasteiger partial charge in [0.25, 0.3) is 0 Å². The van der Waals surface area contributed by atoms with Crippen LogP contribution in [0.15, 0.2) is 35.5 Å². The van der Waals surface area contributed by atoms with Crippen molar-refractivity contribution in [2.75, 3.05) is 20.6 Å². The summed E-state index contributed by atoms with van der Waals surface area (Å²) in [7, 11) is 3.54. The van der Waals surface area contributed by atoms with E-state index in [0.717, 1.165) is 35.5 Å². The smallest absolute Gasteiger partial charge is 0.356 e. The molecule has 0 aliphatic rings. The van der Waals surface area contributed by atoms with Crippen LogP contribution in [0, 0.1) is 0 Å². The van der Waals surface area contributed by atoms with Gasteiger partial charge in [-0.25, -0.2) is 4.98 Å². The Balaban J connectivity index is 1.86. The van der Waals surface area contributed by atoms with Crippen molar-refractivity contribution in [2.45, 2.75) is 32.5 Å². The standard InChI is InChI=1S/C18H23F3N4S/c1-4-15-11-24-16(26-15)9-10-23-17(22-2)25(3)12-13-5-7-14(8-6-13)18(19,20)21/h5-8,11H,4,9-10,12H2,1-3H3,(H,22,23). The van der Waals surface area contributed by atoms with Crippen LogP contribution >= 0.6 is 11.3 Å². The quantitative estimate of drug-likeness (QED) is 0.605. The number of nitrogens with zero attached hydrogens (tertiary/aromatic N) is 3. The lowest BCUT2D eigenvalue weighted by Crippen LogP contribution is -2.39. The van der Waals surface area contributed by atoms with E-state index in [4.69, 9.17) is 0 Å². The number of aromatic nitrogens is 1. The number of rotatable bonds is 6. The Hall–Kier alpha value is -2.09. The van der Waals surface area contributed by atoms with Crippen molar-refractivity contribution in [2.24, 2.45) is 4.99 Å². The number of hydrogen-bond donors (Lipinski definition) is 1. The highest BCUT2D eigenvalue weighted by Crippen LogP contribution is 2.29. The van der Waals surface area contributed by atoms with Crippen LogP contribution < -0.4 is 5.32 Å². The number of nitrogens with one attached hydrogen (secondary N) is 1. The van der Waals surface area contributed by atoms with Crippen molar-refractivity contribution in [3.8, 4) is 0 Å². The summed E-state index contributed by atoms with van der Waals surface area (Å²) >= 11 is 1.71. The maximum Gasteiger partial charge on any atom is 0.416 e. The first-order valence-corrected chi connectivity index (χ1v) is 9.16. The van der Waals surface area contributed by atoms with Crippen LogP contribution in [0.3, 0.4) is 0 Å². The van der Waals surface area contributed by atoms with Gasteiger partial charge in [0.15, 0.2) is 5.96 Å². The molecule has 0 saturated carbocycles. The molecular formula is C18H23F3N4S. The average Bonchev–Trinajstić information content (AvgIpc) is 3.06. The van der Waals surface area contributed by atoms with E-state index in [9.17, 15) is 13.2 Å². The maximum atomic E-state index is 12.6. The normalized spacial score (nSPS) is 12.3. The molecule has 26 heavy (non-hydrogen) atoms. The summed E-state index contributed by atoms with van der Waals surface area (Å²) in [6.07, 6.45) is -0.610. The van der Waals surface area contributed by atoms with Gasteiger partial charge in [-0.15, -0.1) is 11.3 Å². The lowest BCUT2D eigenvalue weighted by molar-refractivity contribution is -0.137. The van der Waals surface area contributed by atoms with E-state index in [1.807, 2.05) is 18.1 Å². The number of benzene rings is 1. The molecule has 1 aromatic heterocycles. The summed E-state index contributed by atoms with van der Waals surface area (Å²) < 4.78 is 37.9. The first-order chi connectivity index (χ1) is 12.3. The van der Waals surface area contributed by atoms with Gasteiger partial charge in [0, 0.05) is 44.7 Å². The van der Waals surface area contributed by atoms with Crippen molar-refractivity contribution < 1.29 is 13.2 Å². The van der Waals surface area contributed by atoms with E-state index in [-0.39, 0.29) is 0 Å². The van der Waals surface area contributed by atoms with Crippen molar-refractivity contribution in [3.05, 3.63) is 51.5 Å². The second-order valence-corrected chi connectivity index (χ2v) is 7.05. The number of aliphatic imine (C=N–C) groups is 1. The number of guanidine groups is 1. The number of halogens is 3. The first-order valence-electron chi connectivity index (χ1n) is 8.35. The van der Waals surface area contributed by atoms with E-state index in [2.05, 4.69) is 22.2 Å². The minimum atomic E-state index is -4.31. The van der Waals surface area contributed by atoms with Gasteiger partial charge < -0.3 is 10.2 Å².